The van der Waals surface area contributed by atoms with Crippen LogP contribution in [0.1, 0.15) is 9.75 Å². The summed E-state index contributed by atoms with van der Waals surface area (Å²) in [7, 11) is -3.69. The lowest BCUT2D eigenvalue weighted by Crippen LogP contribution is -2.13. The first-order valence-electron chi connectivity index (χ1n) is 5.41. The molecule has 2 N–H and O–H groups in total. The quantitative estimate of drug-likeness (QED) is 0.911. The van der Waals surface area contributed by atoms with Crippen molar-refractivity contribution in [3.05, 3.63) is 45.1 Å². The highest BCUT2D eigenvalue weighted by molar-refractivity contribution is 7.93. The zero-order valence-corrected chi connectivity index (χ0v) is 12.4. The van der Waals surface area contributed by atoms with E-state index in [-0.39, 0.29) is 11.5 Å². The first-order valence-corrected chi connectivity index (χ1v) is 8.09. The number of rotatable bonds is 4. The molecule has 102 valence electrons. The average molecular weight is 318 g/mol. The Kier molecular flexibility index (Phi) is 4.15. The first-order chi connectivity index (χ1) is 8.94. The topological polar surface area (TPSA) is 66.4 Å². The zero-order valence-electron chi connectivity index (χ0n) is 10.1. The lowest BCUT2D eigenvalue weighted by atomic mass is 10.3. The molecule has 1 heterocycles. The van der Waals surface area contributed by atoms with E-state index in [0.717, 1.165) is 0 Å². The monoisotopic (exact) mass is 317 g/mol. The molecule has 0 fully saturated rings. The molecule has 0 aliphatic rings. The molecule has 0 bridgehead atoms. The van der Waals surface area contributed by atoms with Crippen LogP contribution in [0.4, 0.5) is 5.69 Å². The Morgan fingerprint density at radius 2 is 2.05 bits per heavy atom. The molecule has 2 rings (SSSR count). The molecule has 0 saturated carbocycles. The van der Waals surface area contributed by atoms with Crippen LogP contribution < -0.4 is 4.72 Å². The second-order valence-electron chi connectivity index (χ2n) is 3.88. The average Bonchev–Trinajstić information content (AvgIpc) is 2.74. The van der Waals surface area contributed by atoms with Crippen LogP contribution in [0.2, 0.25) is 5.02 Å². The number of anilines is 1. The number of hydrogen-bond donors (Lipinski definition) is 2. The normalized spacial score (nSPS) is 11.5. The molecule has 0 radical (unpaired) electrons. The standard InChI is InChI=1S/C12H12ClNO3S2/c1-8-12(6-9(7-15)18-8)19(16,17)14-11-5-3-2-4-10(11)13/h2-6,14-15H,7H2,1H3. The first kappa shape index (κ1) is 14.3. The Bertz CT molecular complexity index is 695. The number of halogens is 1. The predicted molar refractivity (Wildman–Crippen MR) is 77.2 cm³/mol. The summed E-state index contributed by atoms with van der Waals surface area (Å²) in [6.07, 6.45) is 0. The summed E-state index contributed by atoms with van der Waals surface area (Å²) in [5.74, 6) is 0. The molecular formula is C12H12ClNO3S2. The van der Waals surface area contributed by atoms with Crippen molar-refractivity contribution in [2.45, 2.75) is 18.4 Å². The van der Waals surface area contributed by atoms with Gasteiger partial charge in [0.2, 0.25) is 0 Å². The maximum atomic E-state index is 12.3. The van der Waals surface area contributed by atoms with Crippen LogP contribution in [0.3, 0.4) is 0 Å². The molecule has 0 atom stereocenters. The minimum atomic E-state index is -3.69. The van der Waals surface area contributed by atoms with Crippen LogP contribution >= 0.6 is 22.9 Å². The smallest absolute Gasteiger partial charge is 0.263 e. The second kappa shape index (κ2) is 5.50. The van der Waals surface area contributed by atoms with Crippen LogP contribution in [0.25, 0.3) is 0 Å². The Labute approximate surface area is 120 Å². The van der Waals surface area contributed by atoms with Gasteiger partial charge in [-0.25, -0.2) is 8.42 Å². The number of aliphatic hydroxyl groups is 1. The van der Waals surface area contributed by atoms with Crippen LogP contribution in [-0.4, -0.2) is 13.5 Å². The van der Waals surface area contributed by atoms with E-state index in [2.05, 4.69) is 4.72 Å². The number of aliphatic hydroxyl groups excluding tert-OH is 1. The number of para-hydroxylation sites is 1. The molecule has 0 saturated heterocycles. The molecule has 19 heavy (non-hydrogen) atoms. The fourth-order valence-corrected chi connectivity index (χ4v) is 4.43. The van der Waals surface area contributed by atoms with E-state index in [1.54, 1.807) is 31.2 Å². The largest absolute Gasteiger partial charge is 0.391 e. The van der Waals surface area contributed by atoms with Gasteiger partial charge >= 0.3 is 0 Å². The highest BCUT2D eigenvalue weighted by Gasteiger charge is 2.20. The van der Waals surface area contributed by atoms with E-state index in [1.807, 2.05) is 0 Å². The minimum Gasteiger partial charge on any atom is -0.391 e. The summed E-state index contributed by atoms with van der Waals surface area (Å²) >= 11 is 7.18. The third-order valence-electron chi connectivity index (χ3n) is 2.49. The number of sulfonamides is 1. The van der Waals surface area contributed by atoms with Gasteiger partial charge in [0, 0.05) is 9.75 Å². The molecule has 2 aromatic rings. The van der Waals surface area contributed by atoms with E-state index in [4.69, 9.17) is 16.7 Å². The number of hydrogen-bond acceptors (Lipinski definition) is 4. The number of thiophene rings is 1. The van der Waals surface area contributed by atoms with Crippen molar-refractivity contribution >= 4 is 38.6 Å². The van der Waals surface area contributed by atoms with E-state index >= 15 is 0 Å². The highest BCUT2D eigenvalue weighted by atomic mass is 35.5. The molecule has 7 heteroatoms. The Hall–Kier alpha value is -1.08. The van der Waals surface area contributed by atoms with Crippen molar-refractivity contribution in [2.24, 2.45) is 0 Å². The SMILES string of the molecule is Cc1sc(CO)cc1S(=O)(=O)Nc1ccccc1Cl. The summed E-state index contributed by atoms with van der Waals surface area (Å²) in [6.45, 7) is 1.53. The van der Waals surface area contributed by atoms with Gasteiger partial charge in [-0.1, -0.05) is 23.7 Å². The number of aryl methyl sites for hydroxylation is 1. The summed E-state index contributed by atoms with van der Waals surface area (Å²) in [4.78, 5) is 1.40. The summed E-state index contributed by atoms with van der Waals surface area (Å²) in [6, 6.07) is 8.09. The van der Waals surface area contributed by atoms with Gasteiger partial charge in [0.15, 0.2) is 0 Å². The molecular weight excluding hydrogens is 306 g/mol. The van der Waals surface area contributed by atoms with Gasteiger partial charge in [-0.3, -0.25) is 4.72 Å². The molecule has 0 unspecified atom stereocenters. The Morgan fingerprint density at radius 3 is 2.63 bits per heavy atom. The van der Waals surface area contributed by atoms with Crippen LogP contribution in [0, 0.1) is 6.92 Å². The van der Waals surface area contributed by atoms with Crippen molar-refractivity contribution in [3.8, 4) is 0 Å². The highest BCUT2D eigenvalue weighted by Crippen LogP contribution is 2.29. The van der Waals surface area contributed by atoms with Crippen molar-refractivity contribution in [2.75, 3.05) is 4.72 Å². The fourth-order valence-electron chi connectivity index (χ4n) is 1.61. The Morgan fingerprint density at radius 1 is 1.37 bits per heavy atom. The summed E-state index contributed by atoms with van der Waals surface area (Å²) in [5.41, 5.74) is 0.334. The van der Waals surface area contributed by atoms with Crippen LogP contribution in [-0.2, 0) is 16.6 Å². The van der Waals surface area contributed by atoms with E-state index < -0.39 is 10.0 Å². The van der Waals surface area contributed by atoms with Crippen molar-refractivity contribution in [1.82, 2.24) is 0 Å². The van der Waals surface area contributed by atoms with Gasteiger partial charge in [0.05, 0.1) is 17.3 Å². The Balaban J connectivity index is 2.38. The lowest BCUT2D eigenvalue weighted by Gasteiger charge is -2.08. The third kappa shape index (κ3) is 3.09. The molecule has 1 aromatic carbocycles. The molecule has 0 spiro atoms. The molecule has 4 nitrogen and oxygen atoms in total. The summed E-state index contributed by atoms with van der Waals surface area (Å²) < 4.78 is 27.0. The van der Waals surface area contributed by atoms with E-state index in [0.29, 0.717) is 20.5 Å². The maximum absolute atomic E-state index is 12.3. The molecule has 0 amide bonds. The van der Waals surface area contributed by atoms with Gasteiger partial charge in [-0.15, -0.1) is 11.3 Å². The second-order valence-corrected chi connectivity index (χ2v) is 7.28. The van der Waals surface area contributed by atoms with E-state index in [1.165, 1.54) is 17.4 Å². The van der Waals surface area contributed by atoms with Crippen LogP contribution in [0.15, 0.2) is 35.2 Å². The molecule has 0 aliphatic heterocycles. The number of benzene rings is 1. The maximum Gasteiger partial charge on any atom is 0.263 e. The van der Waals surface area contributed by atoms with Crippen LogP contribution in [0.5, 0.6) is 0 Å². The van der Waals surface area contributed by atoms with Gasteiger partial charge in [-0.05, 0) is 25.1 Å². The van der Waals surface area contributed by atoms with Crippen molar-refractivity contribution < 1.29 is 13.5 Å². The lowest BCUT2D eigenvalue weighted by molar-refractivity contribution is 0.285. The fraction of sp³-hybridized carbons (Fsp3) is 0.167. The van der Waals surface area contributed by atoms with Crippen molar-refractivity contribution in [1.29, 1.82) is 0 Å². The molecule has 1 aromatic heterocycles. The van der Waals surface area contributed by atoms with Gasteiger partial charge in [0.1, 0.15) is 4.90 Å². The summed E-state index contributed by atoms with van der Waals surface area (Å²) in [5, 5.41) is 9.38. The van der Waals surface area contributed by atoms with Gasteiger partial charge in [-0.2, -0.15) is 0 Å². The van der Waals surface area contributed by atoms with Gasteiger partial charge < -0.3 is 5.11 Å². The molecule has 0 aliphatic carbocycles. The minimum absolute atomic E-state index is 0.168. The zero-order chi connectivity index (χ0) is 14.0. The van der Waals surface area contributed by atoms with Gasteiger partial charge in [0.25, 0.3) is 10.0 Å². The number of nitrogens with one attached hydrogen (secondary N) is 1. The van der Waals surface area contributed by atoms with E-state index in [9.17, 15) is 8.42 Å². The third-order valence-corrected chi connectivity index (χ3v) is 5.47. The predicted octanol–water partition coefficient (Wildman–Crippen LogP) is 3.00. The van der Waals surface area contributed by atoms with Crippen molar-refractivity contribution in [3.63, 3.8) is 0 Å².